The third-order valence-electron chi connectivity index (χ3n) is 5.03. The summed E-state index contributed by atoms with van der Waals surface area (Å²) in [5.41, 5.74) is 2.90. The fourth-order valence-electron chi connectivity index (χ4n) is 3.58. The van der Waals surface area contributed by atoms with Crippen molar-refractivity contribution in [2.24, 2.45) is 0 Å². The molecule has 0 atom stereocenters. The lowest BCUT2D eigenvalue weighted by molar-refractivity contribution is 0.292. The standard InChI is InChI=1S/C21H27N7O/c1-15-14-16(2)24-20(23-15)27-9-11-28(12-10-27)21-25-18-7-4-3-6-17(18)19(26-21)22-8-5-13-29/h3-4,6-7,14,29H,5,8-13H2,1-2H3,(H,22,25,26). The van der Waals surface area contributed by atoms with Gasteiger partial charge in [0, 0.05) is 56.1 Å². The number of aliphatic hydroxyl groups is 1. The maximum Gasteiger partial charge on any atom is 0.228 e. The van der Waals surface area contributed by atoms with E-state index < -0.39 is 0 Å². The van der Waals surface area contributed by atoms with Crippen molar-refractivity contribution in [3.63, 3.8) is 0 Å². The summed E-state index contributed by atoms with van der Waals surface area (Å²) < 4.78 is 0. The largest absolute Gasteiger partial charge is 0.396 e. The average Bonchev–Trinajstić information content (AvgIpc) is 2.73. The van der Waals surface area contributed by atoms with E-state index in [4.69, 9.17) is 15.1 Å². The van der Waals surface area contributed by atoms with Gasteiger partial charge in [-0.05, 0) is 38.5 Å². The predicted octanol–water partition coefficient (Wildman–Crippen LogP) is 2.16. The molecule has 152 valence electrons. The van der Waals surface area contributed by atoms with Gasteiger partial charge in [0.1, 0.15) is 5.82 Å². The van der Waals surface area contributed by atoms with E-state index >= 15 is 0 Å². The number of aryl methyl sites for hydroxylation is 2. The second-order valence-electron chi connectivity index (χ2n) is 7.32. The molecule has 1 saturated heterocycles. The highest BCUT2D eigenvalue weighted by atomic mass is 16.3. The van der Waals surface area contributed by atoms with Crippen LogP contribution in [-0.4, -0.2) is 64.4 Å². The molecule has 1 aliphatic heterocycles. The first-order valence-electron chi connectivity index (χ1n) is 10.1. The molecule has 0 bridgehead atoms. The molecule has 0 radical (unpaired) electrons. The summed E-state index contributed by atoms with van der Waals surface area (Å²) in [5.74, 6) is 2.35. The van der Waals surface area contributed by atoms with Crippen LogP contribution in [0.1, 0.15) is 17.8 Å². The van der Waals surface area contributed by atoms with Crippen LogP contribution in [-0.2, 0) is 0 Å². The van der Waals surface area contributed by atoms with E-state index in [0.717, 1.165) is 66.2 Å². The molecule has 8 nitrogen and oxygen atoms in total. The third-order valence-corrected chi connectivity index (χ3v) is 5.03. The molecule has 1 fully saturated rings. The molecule has 3 heterocycles. The molecule has 0 unspecified atom stereocenters. The van der Waals surface area contributed by atoms with E-state index in [1.165, 1.54) is 0 Å². The maximum absolute atomic E-state index is 9.07. The number of hydrogen-bond donors (Lipinski definition) is 2. The summed E-state index contributed by atoms with van der Waals surface area (Å²) in [7, 11) is 0. The van der Waals surface area contributed by atoms with Crippen molar-refractivity contribution in [3.05, 3.63) is 41.7 Å². The van der Waals surface area contributed by atoms with Gasteiger partial charge in [-0.1, -0.05) is 12.1 Å². The van der Waals surface area contributed by atoms with Crippen molar-refractivity contribution >= 4 is 28.6 Å². The topological polar surface area (TPSA) is 90.3 Å². The van der Waals surface area contributed by atoms with Crippen molar-refractivity contribution in [2.45, 2.75) is 20.3 Å². The van der Waals surface area contributed by atoms with Crippen LogP contribution < -0.4 is 15.1 Å². The normalized spacial score (nSPS) is 14.4. The van der Waals surface area contributed by atoms with Gasteiger partial charge in [0.25, 0.3) is 0 Å². The number of anilines is 3. The number of nitrogens with one attached hydrogen (secondary N) is 1. The fourth-order valence-corrected chi connectivity index (χ4v) is 3.58. The molecular formula is C21H27N7O. The van der Waals surface area contributed by atoms with Crippen molar-refractivity contribution in [1.82, 2.24) is 19.9 Å². The number of piperazine rings is 1. The van der Waals surface area contributed by atoms with Gasteiger partial charge in [-0.15, -0.1) is 0 Å². The van der Waals surface area contributed by atoms with Crippen LogP contribution in [0.3, 0.4) is 0 Å². The number of fused-ring (bicyclic) bond motifs is 1. The van der Waals surface area contributed by atoms with Gasteiger partial charge in [-0.3, -0.25) is 0 Å². The van der Waals surface area contributed by atoms with Crippen molar-refractivity contribution in [3.8, 4) is 0 Å². The Morgan fingerprint density at radius 1 is 0.897 bits per heavy atom. The van der Waals surface area contributed by atoms with E-state index in [9.17, 15) is 0 Å². The van der Waals surface area contributed by atoms with Crippen molar-refractivity contribution in [2.75, 3.05) is 54.4 Å². The number of aliphatic hydroxyl groups excluding tert-OH is 1. The average molecular weight is 393 g/mol. The van der Waals surface area contributed by atoms with E-state index in [1.807, 2.05) is 44.2 Å². The minimum atomic E-state index is 0.158. The molecule has 0 saturated carbocycles. The first kappa shape index (κ1) is 19.3. The summed E-state index contributed by atoms with van der Waals surface area (Å²) in [5, 5.41) is 13.4. The van der Waals surface area contributed by atoms with Gasteiger partial charge in [0.05, 0.1) is 5.52 Å². The number of benzene rings is 1. The van der Waals surface area contributed by atoms with Gasteiger partial charge in [0.2, 0.25) is 11.9 Å². The van der Waals surface area contributed by atoms with Crippen LogP contribution >= 0.6 is 0 Å². The monoisotopic (exact) mass is 393 g/mol. The highest BCUT2D eigenvalue weighted by molar-refractivity contribution is 5.90. The summed E-state index contributed by atoms with van der Waals surface area (Å²) >= 11 is 0. The highest BCUT2D eigenvalue weighted by Crippen LogP contribution is 2.24. The second-order valence-corrected chi connectivity index (χ2v) is 7.32. The lowest BCUT2D eigenvalue weighted by atomic mass is 10.2. The number of rotatable bonds is 6. The molecule has 3 aromatic rings. The SMILES string of the molecule is Cc1cc(C)nc(N2CCN(c3nc(NCCCO)c4ccccc4n3)CC2)n1. The Morgan fingerprint density at radius 2 is 1.52 bits per heavy atom. The Balaban J connectivity index is 1.53. The predicted molar refractivity (Wildman–Crippen MR) is 116 cm³/mol. The van der Waals surface area contributed by atoms with E-state index in [0.29, 0.717) is 13.0 Å². The Bertz CT molecular complexity index is 966. The van der Waals surface area contributed by atoms with Crippen LogP contribution in [0.4, 0.5) is 17.7 Å². The molecule has 2 aromatic heterocycles. The van der Waals surface area contributed by atoms with Gasteiger partial charge < -0.3 is 20.2 Å². The molecule has 29 heavy (non-hydrogen) atoms. The van der Waals surface area contributed by atoms with E-state index in [2.05, 4.69) is 25.1 Å². The molecule has 2 N–H and O–H groups in total. The van der Waals surface area contributed by atoms with Crippen molar-refractivity contribution in [1.29, 1.82) is 0 Å². The van der Waals surface area contributed by atoms with Gasteiger partial charge in [-0.25, -0.2) is 15.0 Å². The molecule has 0 aliphatic carbocycles. The quantitative estimate of drug-likeness (QED) is 0.616. The number of aromatic nitrogens is 4. The molecule has 0 spiro atoms. The minimum Gasteiger partial charge on any atom is -0.396 e. The van der Waals surface area contributed by atoms with Crippen LogP contribution in [0.15, 0.2) is 30.3 Å². The summed E-state index contributed by atoms with van der Waals surface area (Å²) in [6, 6.07) is 10.0. The van der Waals surface area contributed by atoms with E-state index in [1.54, 1.807) is 0 Å². The first-order chi connectivity index (χ1) is 14.1. The first-order valence-corrected chi connectivity index (χ1v) is 10.1. The van der Waals surface area contributed by atoms with E-state index in [-0.39, 0.29) is 6.61 Å². The lowest BCUT2D eigenvalue weighted by Crippen LogP contribution is -2.47. The zero-order chi connectivity index (χ0) is 20.2. The summed E-state index contributed by atoms with van der Waals surface area (Å²) in [4.78, 5) is 23.2. The van der Waals surface area contributed by atoms with Crippen LogP contribution in [0.5, 0.6) is 0 Å². The number of hydrogen-bond acceptors (Lipinski definition) is 8. The Kier molecular flexibility index (Phi) is 5.71. The Labute approximate surface area is 170 Å². The summed E-state index contributed by atoms with van der Waals surface area (Å²) in [6.07, 6.45) is 0.683. The number of para-hydroxylation sites is 1. The molecule has 1 aromatic carbocycles. The zero-order valence-corrected chi connectivity index (χ0v) is 17.0. The molecule has 1 aliphatic rings. The maximum atomic E-state index is 9.07. The molecule has 4 rings (SSSR count). The second kappa shape index (κ2) is 8.57. The number of nitrogens with zero attached hydrogens (tertiary/aromatic N) is 6. The molecule has 8 heteroatoms. The highest BCUT2D eigenvalue weighted by Gasteiger charge is 2.22. The van der Waals surface area contributed by atoms with Crippen molar-refractivity contribution < 1.29 is 5.11 Å². The zero-order valence-electron chi connectivity index (χ0n) is 17.0. The fraction of sp³-hybridized carbons (Fsp3) is 0.429. The molecular weight excluding hydrogens is 366 g/mol. The Hall–Kier alpha value is -3.00. The Morgan fingerprint density at radius 3 is 2.17 bits per heavy atom. The minimum absolute atomic E-state index is 0.158. The lowest BCUT2D eigenvalue weighted by Gasteiger charge is -2.35. The smallest absolute Gasteiger partial charge is 0.228 e. The molecule has 0 amide bonds. The van der Waals surface area contributed by atoms with Gasteiger partial charge in [-0.2, -0.15) is 4.98 Å². The van der Waals surface area contributed by atoms with Crippen LogP contribution in [0.2, 0.25) is 0 Å². The third kappa shape index (κ3) is 4.37. The summed E-state index contributed by atoms with van der Waals surface area (Å²) in [6.45, 7) is 8.11. The van der Waals surface area contributed by atoms with Crippen LogP contribution in [0.25, 0.3) is 10.9 Å². The van der Waals surface area contributed by atoms with Gasteiger partial charge >= 0.3 is 0 Å². The van der Waals surface area contributed by atoms with Crippen LogP contribution in [0, 0.1) is 13.8 Å². The van der Waals surface area contributed by atoms with Gasteiger partial charge in [0.15, 0.2) is 0 Å².